The zero-order valence-corrected chi connectivity index (χ0v) is 14.2. The molecule has 0 aromatic heterocycles. The lowest BCUT2D eigenvalue weighted by Gasteiger charge is -2.40. The van der Waals surface area contributed by atoms with E-state index in [0.717, 1.165) is 36.4 Å². The molecule has 2 aliphatic rings. The average molecular weight is 321 g/mol. The molecular weight excluding hydrogens is 298 g/mol. The van der Waals surface area contributed by atoms with Crippen molar-refractivity contribution in [3.8, 4) is 0 Å². The second kappa shape index (κ2) is 5.86. The summed E-state index contributed by atoms with van der Waals surface area (Å²) in [5.74, 6) is 0. The maximum atomic E-state index is 13.0. The molecule has 0 bridgehead atoms. The predicted molar refractivity (Wildman–Crippen MR) is 99.1 cm³/mol. The van der Waals surface area contributed by atoms with Crippen LogP contribution in [0.3, 0.4) is 0 Å². The highest BCUT2D eigenvalue weighted by Crippen LogP contribution is 2.39. The number of rotatable bonds is 1. The van der Waals surface area contributed by atoms with Gasteiger partial charge in [-0.25, -0.2) is 4.79 Å². The van der Waals surface area contributed by atoms with Gasteiger partial charge in [0.25, 0.3) is 0 Å². The molecule has 2 amide bonds. The Kier molecular flexibility index (Phi) is 3.68. The van der Waals surface area contributed by atoms with Crippen molar-refractivity contribution in [1.29, 1.82) is 0 Å². The van der Waals surface area contributed by atoms with Crippen LogP contribution in [0.4, 0.5) is 21.9 Å². The van der Waals surface area contributed by atoms with Crippen LogP contribution in [0.5, 0.6) is 0 Å². The Labute approximate surface area is 143 Å². The molecule has 2 aliphatic heterocycles. The van der Waals surface area contributed by atoms with Crippen molar-refractivity contribution in [3.05, 3.63) is 53.6 Å². The lowest BCUT2D eigenvalue weighted by molar-refractivity contribution is 0.256. The van der Waals surface area contributed by atoms with Gasteiger partial charge >= 0.3 is 6.03 Å². The first kappa shape index (κ1) is 15.1. The molecule has 0 aliphatic carbocycles. The molecule has 2 heterocycles. The summed E-state index contributed by atoms with van der Waals surface area (Å²) >= 11 is 0. The van der Waals surface area contributed by atoms with Gasteiger partial charge in [0.2, 0.25) is 0 Å². The first-order valence-corrected chi connectivity index (χ1v) is 8.65. The minimum atomic E-state index is -0.0408. The van der Waals surface area contributed by atoms with E-state index in [1.807, 2.05) is 36.1 Å². The fourth-order valence-corrected chi connectivity index (χ4v) is 3.92. The van der Waals surface area contributed by atoms with Gasteiger partial charge in [0.1, 0.15) is 0 Å². The van der Waals surface area contributed by atoms with E-state index in [1.165, 1.54) is 17.7 Å². The smallest absolute Gasteiger partial charge is 0.326 e. The fraction of sp³-hybridized carbons (Fsp3) is 0.350. The summed E-state index contributed by atoms with van der Waals surface area (Å²) in [5, 5.41) is 3.10. The third-order valence-corrected chi connectivity index (χ3v) is 5.12. The Morgan fingerprint density at radius 1 is 1.12 bits per heavy atom. The van der Waals surface area contributed by atoms with Gasteiger partial charge in [-0.15, -0.1) is 0 Å². The molecule has 1 N–H and O–H groups in total. The van der Waals surface area contributed by atoms with E-state index in [4.69, 9.17) is 0 Å². The Morgan fingerprint density at radius 2 is 1.92 bits per heavy atom. The molecule has 2 aromatic carbocycles. The summed E-state index contributed by atoms with van der Waals surface area (Å²) in [4.78, 5) is 17.3. The number of hydrogen-bond acceptors (Lipinski definition) is 2. The number of carbonyl (C=O) groups is 1. The van der Waals surface area contributed by atoms with Gasteiger partial charge in [-0.2, -0.15) is 0 Å². The number of amides is 2. The normalized spacial score (nSPS) is 19.0. The van der Waals surface area contributed by atoms with Crippen LogP contribution in [0.2, 0.25) is 0 Å². The summed E-state index contributed by atoms with van der Waals surface area (Å²) in [6.07, 6.45) is 2.35. The quantitative estimate of drug-likeness (QED) is 0.849. The van der Waals surface area contributed by atoms with Crippen LogP contribution in [-0.4, -0.2) is 25.2 Å². The molecule has 124 valence electrons. The topological polar surface area (TPSA) is 35.6 Å². The molecule has 1 atom stereocenters. The summed E-state index contributed by atoms with van der Waals surface area (Å²) < 4.78 is 0. The highest BCUT2D eigenvalue weighted by Gasteiger charge is 2.36. The van der Waals surface area contributed by atoms with Crippen LogP contribution in [0.15, 0.2) is 42.5 Å². The minimum absolute atomic E-state index is 0.0408. The third kappa shape index (κ3) is 2.52. The lowest BCUT2D eigenvalue weighted by Crippen LogP contribution is -2.49. The van der Waals surface area contributed by atoms with E-state index in [1.54, 1.807) is 0 Å². The van der Waals surface area contributed by atoms with Crippen molar-refractivity contribution in [1.82, 2.24) is 0 Å². The molecular formula is C20H23N3O. The maximum Gasteiger partial charge on any atom is 0.326 e. The van der Waals surface area contributed by atoms with E-state index >= 15 is 0 Å². The fourth-order valence-electron chi connectivity index (χ4n) is 3.92. The Morgan fingerprint density at radius 3 is 2.71 bits per heavy atom. The van der Waals surface area contributed by atoms with E-state index in [-0.39, 0.29) is 6.03 Å². The van der Waals surface area contributed by atoms with Crippen molar-refractivity contribution in [3.63, 3.8) is 0 Å². The molecule has 0 radical (unpaired) electrons. The second-order valence-corrected chi connectivity index (χ2v) is 6.84. The molecule has 4 nitrogen and oxygen atoms in total. The maximum absolute atomic E-state index is 13.0. The largest absolute Gasteiger partial charge is 0.365 e. The number of nitrogens with one attached hydrogen (secondary N) is 1. The number of benzene rings is 2. The van der Waals surface area contributed by atoms with Crippen molar-refractivity contribution >= 4 is 23.1 Å². The van der Waals surface area contributed by atoms with Gasteiger partial charge in [0, 0.05) is 24.8 Å². The van der Waals surface area contributed by atoms with Gasteiger partial charge in [0.15, 0.2) is 0 Å². The summed E-state index contributed by atoms with van der Waals surface area (Å²) in [6.45, 7) is 5.95. The molecule has 24 heavy (non-hydrogen) atoms. The summed E-state index contributed by atoms with van der Waals surface area (Å²) in [5.41, 5.74) is 5.38. The first-order valence-electron chi connectivity index (χ1n) is 8.65. The highest BCUT2D eigenvalue weighted by molar-refractivity contribution is 6.05. The van der Waals surface area contributed by atoms with E-state index in [0.29, 0.717) is 6.04 Å². The molecule has 1 saturated heterocycles. The average Bonchev–Trinajstić information content (AvgIpc) is 3.05. The summed E-state index contributed by atoms with van der Waals surface area (Å²) in [7, 11) is 0. The zero-order valence-electron chi connectivity index (χ0n) is 14.2. The Balaban J connectivity index is 1.63. The van der Waals surface area contributed by atoms with Crippen molar-refractivity contribution < 1.29 is 4.79 Å². The number of anilines is 3. The van der Waals surface area contributed by atoms with Crippen molar-refractivity contribution in [2.75, 3.05) is 28.2 Å². The van der Waals surface area contributed by atoms with Gasteiger partial charge in [-0.1, -0.05) is 29.8 Å². The number of carbonyl (C=O) groups excluding carboxylic acids is 1. The molecule has 4 heteroatoms. The molecule has 0 unspecified atom stereocenters. The van der Waals surface area contributed by atoms with E-state index in [2.05, 4.69) is 35.3 Å². The standard InChI is InChI=1S/C20H23N3O/c1-14-9-10-17(15(2)12-14)21-20(24)23-13-16-6-5-11-22(16)18-7-3-4-8-19(18)23/h3-4,7-10,12,16H,5-6,11,13H2,1-2H3,(H,21,24)/t16-/m0/s1. The first-order chi connectivity index (χ1) is 11.6. The third-order valence-electron chi connectivity index (χ3n) is 5.12. The Hall–Kier alpha value is -2.49. The second-order valence-electron chi connectivity index (χ2n) is 6.84. The number of para-hydroxylation sites is 2. The van der Waals surface area contributed by atoms with E-state index in [9.17, 15) is 4.79 Å². The molecule has 2 aromatic rings. The van der Waals surface area contributed by atoms with Gasteiger partial charge in [-0.05, 0) is 50.5 Å². The van der Waals surface area contributed by atoms with Crippen LogP contribution >= 0.6 is 0 Å². The van der Waals surface area contributed by atoms with Gasteiger partial charge in [-0.3, -0.25) is 4.90 Å². The van der Waals surface area contributed by atoms with E-state index < -0.39 is 0 Å². The monoisotopic (exact) mass is 321 g/mol. The van der Waals surface area contributed by atoms with Gasteiger partial charge in [0.05, 0.1) is 11.4 Å². The number of aryl methyl sites for hydroxylation is 2. The molecule has 4 rings (SSSR count). The molecule has 1 fully saturated rings. The lowest BCUT2D eigenvalue weighted by atomic mass is 10.1. The SMILES string of the molecule is Cc1ccc(NC(=O)N2C[C@@H]3CCCN3c3ccccc32)c(C)c1. The summed E-state index contributed by atoms with van der Waals surface area (Å²) in [6, 6.07) is 14.7. The van der Waals surface area contributed by atoms with Crippen LogP contribution in [0, 0.1) is 13.8 Å². The number of nitrogens with zero attached hydrogens (tertiary/aromatic N) is 2. The van der Waals surface area contributed by atoms with Crippen LogP contribution < -0.4 is 15.1 Å². The molecule has 0 saturated carbocycles. The highest BCUT2D eigenvalue weighted by atomic mass is 16.2. The minimum Gasteiger partial charge on any atom is -0.365 e. The number of fused-ring (bicyclic) bond motifs is 3. The van der Waals surface area contributed by atoms with Crippen LogP contribution in [0.25, 0.3) is 0 Å². The Bertz CT molecular complexity index is 786. The van der Waals surface area contributed by atoms with Crippen molar-refractivity contribution in [2.45, 2.75) is 32.7 Å². The van der Waals surface area contributed by atoms with Crippen LogP contribution in [-0.2, 0) is 0 Å². The van der Waals surface area contributed by atoms with Crippen molar-refractivity contribution in [2.24, 2.45) is 0 Å². The zero-order chi connectivity index (χ0) is 16.7. The number of urea groups is 1. The number of hydrogen-bond donors (Lipinski definition) is 1. The van der Waals surface area contributed by atoms with Crippen LogP contribution in [0.1, 0.15) is 24.0 Å². The molecule has 0 spiro atoms. The predicted octanol–water partition coefficient (Wildman–Crippen LogP) is 4.32. The van der Waals surface area contributed by atoms with Gasteiger partial charge < -0.3 is 10.2 Å².